The molecule has 1 unspecified atom stereocenters. The highest BCUT2D eigenvalue weighted by Crippen LogP contribution is 2.28. The molecule has 0 aromatic heterocycles. The zero-order chi connectivity index (χ0) is 10.1. The molecule has 0 saturated carbocycles. The van der Waals surface area contributed by atoms with Gasteiger partial charge in [0, 0.05) is 6.04 Å². The minimum atomic E-state index is 0.118. The van der Waals surface area contributed by atoms with Crippen LogP contribution in [-0.4, -0.2) is 6.61 Å². The van der Waals surface area contributed by atoms with Crippen molar-refractivity contribution in [2.45, 2.75) is 26.5 Å². The van der Waals surface area contributed by atoms with Crippen molar-refractivity contribution in [2.75, 3.05) is 6.61 Å². The Labute approximate surface area is 85.1 Å². The highest BCUT2D eigenvalue weighted by molar-refractivity contribution is 5.34. The van der Waals surface area contributed by atoms with Crippen molar-refractivity contribution in [3.8, 4) is 0 Å². The molecular weight excluding hydrogens is 174 g/mol. The molecule has 2 nitrogen and oxygen atoms in total. The molecule has 0 fully saturated rings. The van der Waals surface area contributed by atoms with E-state index in [0.717, 1.165) is 6.61 Å². The van der Waals surface area contributed by atoms with E-state index >= 15 is 0 Å². The second-order valence-corrected chi connectivity index (χ2v) is 4.22. The van der Waals surface area contributed by atoms with E-state index in [1.165, 1.54) is 16.7 Å². The fourth-order valence-corrected chi connectivity index (χ4v) is 1.92. The molecule has 2 N–H and O–H groups in total. The lowest BCUT2D eigenvalue weighted by Crippen LogP contribution is -2.21. The molecule has 0 amide bonds. The highest BCUT2D eigenvalue weighted by Gasteiger charge is 2.21. The Hall–Kier alpha value is -0.860. The van der Waals surface area contributed by atoms with Crippen molar-refractivity contribution in [2.24, 2.45) is 11.7 Å². The number of fused-ring (bicyclic) bond motifs is 1. The van der Waals surface area contributed by atoms with Gasteiger partial charge < -0.3 is 10.5 Å². The van der Waals surface area contributed by atoms with Gasteiger partial charge in [0.1, 0.15) is 0 Å². The van der Waals surface area contributed by atoms with E-state index in [9.17, 15) is 0 Å². The third kappa shape index (κ3) is 1.68. The van der Waals surface area contributed by atoms with Crippen LogP contribution < -0.4 is 5.73 Å². The van der Waals surface area contributed by atoms with Crippen LogP contribution in [0.4, 0.5) is 0 Å². The summed E-state index contributed by atoms with van der Waals surface area (Å²) in [6.45, 7) is 5.70. The number of hydrogen-bond donors (Lipinski definition) is 1. The van der Waals surface area contributed by atoms with Crippen LogP contribution in [0.15, 0.2) is 18.2 Å². The molecule has 2 atom stereocenters. The average molecular weight is 191 g/mol. The third-order valence-corrected chi connectivity index (χ3v) is 2.91. The summed E-state index contributed by atoms with van der Waals surface area (Å²) in [6, 6.07) is 6.55. The summed E-state index contributed by atoms with van der Waals surface area (Å²) in [4.78, 5) is 0. The first kappa shape index (κ1) is 9.69. The van der Waals surface area contributed by atoms with Gasteiger partial charge in [0.2, 0.25) is 0 Å². The molecular formula is C12H17NO. The Morgan fingerprint density at radius 2 is 2.21 bits per heavy atom. The van der Waals surface area contributed by atoms with Gasteiger partial charge >= 0.3 is 0 Å². The summed E-state index contributed by atoms with van der Waals surface area (Å²) in [7, 11) is 0. The zero-order valence-electron chi connectivity index (χ0n) is 8.79. The smallest absolute Gasteiger partial charge is 0.0720 e. The molecule has 1 aromatic carbocycles. The highest BCUT2D eigenvalue weighted by atomic mass is 16.5. The lowest BCUT2D eigenvalue weighted by molar-refractivity contribution is 0.0941. The van der Waals surface area contributed by atoms with E-state index in [-0.39, 0.29) is 6.04 Å². The van der Waals surface area contributed by atoms with Crippen LogP contribution in [0.1, 0.15) is 29.7 Å². The SMILES string of the molecule is Cc1ccc2c(c1)C(N)[C@@H](C)COC2. The normalized spacial score (nSPS) is 26.8. The predicted octanol–water partition coefficient (Wildman–Crippen LogP) is 2.16. The molecule has 0 bridgehead atoms. The van der Waals surface area contributed by atoms with Crippen molar-refractivity contribution in [3.63, 3.8) is 0 Å². The second kappa shape index (κ2) is 3.71. The summed E-state index contributed by atoms with van der Waals surface area (Å²) in [6.07, 6.45) is 0. The van der Waals surface area contributed by atoms with Crippen molar-refractivity contribution in [1.29, 1.82) is 0 Å². The number of ether oxygens (including phenoxy) is 1. The molecule has 14 heavy (non-hydrogen) atoms. The lowest BCUT2D eigenvalue weighted by Gasteiger charge is -2.18. The number of nitrogens with two attached hydrogens (primary N) is 1. The molecule has 2 rings (SSSR count). The van der Waals surface area contributed by atoms with Crippen LogP contribution in [0.2, 0.25) is 0 Å². The van der Waals surface area contributed by atoms with Gasteiger partial charge in [-0.1, -0.05) is 30.7 Å². The van der Waals surface area contributed by atoms with E-state index in [0.29, 0.717) is 12.5 Å². The minimum Gasteiger partial charge on any atom is -0.376 e. The molecule has 1 aliphatic heterocycles. The molecule has 0 saturated heterocycles. The molecule has 1 heterocycles. The zero-order valence-corrected chi connectivity index (χ0v) is 8.79. The quantitative estimate of drug-likeness (QED) is 0.682. The van der Waals surface area contributed by atoms with Gasteiger partial charge in [-0.25, -0.2) is 0 Å². The topological polar surface area (TPSA) is 35.2 Å². The molecule has 0 radical (unpaired) electrons. The average Bonchev–Trinajstić information content (AvgIpc) is 2.30. The largest absolute Gasteiger partial charge is 0.376 e. The summed E-state index contributed by atoms with van der Waals surface area (Å²) >= 11 is 0. The van der Waals surface area contributed by atoms with E-state index in [2.05, 4.69) is 32.0 Å². The van der Waals surface area contributed by atoms with Gasteiger partial charge in [0.05, 0.1) is 13.2 Å². The monoisotopic (exact) mass is 191 g/mol. The summed E-state index contributed by atoms with van der Waals surface area (Å²) in [5.41, 5.74) is 9.95. The summed E-state index contributed by atoms with van der Waals surface area (Å²) in [5, 5.41) is 0. The van der Waals surface area contributed by atoms with Gasteiger partial charge in [-0.15, -0.1) is 0 Å². The minimum absolute atomic E-state index is 0.118. The first-order valence-corrected chi connectivity index (χ1v) is 5.11. The Bertz CT molecular complexity index is 335. The molecule has 0 aliphatic carbocycles. The Balaban J connectivity index is 2.44. The lowest BCUT2D eigenvalue weighted by atomic mass is 9.92. The first-order valence-electron chi connectivity index (χ1n) is 5.11. The fraction of sp³-hybridized carbons (Fsp3) is 0.500. The molecule has 0 spiro atoms. The van der Waals surface area contributed by atoms with Crippen LogP contribution in [0.5, 0.6) is 0 Å². The maximum absolute atomic E-state index is 6.18. The van der Waals surface area contributed by atoms with E-state index in [1.54, 1.807) is 0 Å². The van der Waals surface area contributed by atoms with Crippen molar-refractivity contribution >= 4 is 0 Å². The van der Waals surface area contributed by atoms with Gasteiger partial charge in [0.15, 0.2) is 0 Å². The fourth-order valence-electron chi connectivity index (χ4n) is 1.92. The maximum Gasteiger partial charge on any atom is 0.0720 e. The van der Waals surface area contributed by atoms with Gasteiger partial charge in [-0.2, -0.15) is 0 Å². The van der Waals surface area contributed by atoms with Crippen LogP contribution in [-0.2, 0) is 11.3 Å². The Morgan fingerprint density at radius 1 is 1.43 bits per heavy atom. The standard InChI is InChI=1S/C12H17NO/c1-8-3-4-10-7-14-6-9(2)12(13)11(10)5-8/h3-5,9,12H,6-7,13H2,1-2H3/t9-,12?/m0/s1. The molecule has 76 valence electrons. The van der Waals surface area contributed by atoms with Gasteiger partial charge in [-0.3, -0.25) is 0 Å². The van der Waals surface area contributed by atoms with E-state index < -0.39 is 0 Å². The summed E-state index contributed by atoms with van der Waals surface area (Å²) in [5.74, 6) is 0.401. The number of rotatable bonds is 0. The number of benzene rings is 1. The van der Waals surface area contributed by atoms with Crippen LogP contribution in [0, 0.1) is 12.8 Å². The summed E-state index contributed by atoms with van der Waals surface area (Å²) < 4.78 is 5.56. The van der Waals surface area contributed by atoms with E-state index in [4.69, 9.17) is 10.5 Å². The van der Waals surface area contributed by atoms with Gasteiger partial charge in [0.25, 0.3) is 0 Å². The predicted molar refractivity (Wildman–Crippen MR) is 56.9 cm³/mol. The molecule has 2 heteroatoms. The molecule has 1 aliphatic rings. The van der Waals surface area contributed by atoms with Crippen molar-refractivity contribution in [3.05, 3.63) is 34.9 Å². The van der Waals surface area contributed by atoms with Crippen molar-refractivity contribution < 1.29 is 4.74 Å². The van der Waals surface area contributed by atoms with Crippen LogP contribution in [0.3, 0.4) is 0 Å². The number of aryl methyl sites for hydroxylation is 1. The van der Waals surface area contributed by atoms with Crippen molar-refractivity contribution in [1.82, 2.24) is 0 Å². The maximum atomic E-state index is 6.18. The molecule has 1 aromatic rings. The van der Waals surface area contributed by atoms with Gasteiger partial charge in [-0.05, 0) is 24.0 Å². The van der Waals surface area contributed by atoms with Crippen LogP contribution in [0.25, 0.3) is 0 Å². The van der Waals surface area contributed by atoms with E-state index in [1.807, 2.05) is 0 Å². The Morgan fingerprint density at radius 3 is 3.00 bits per heavy atom. The third-order valence-electron chi connectivity index (χ3n) is 2.91. The second-order valence-electron chi connectivity index (χ2n) is 4.22. The van der Waals surface area contributed by atoms with Crippen LogP contribution >= 0.6 is 0 Å². The number of hydrogen-bond acceptors (Lipinski definition) is 2. The Kier molecular flexibility index (Phi) is 2.57. The first-order chi connectivity index (χ1) is 6.68.